The monoisotopic (exact) mass is 499 g/mol. The highest BCUT2D eigenvalue weighted by molar-refractivity contribution is 6.07. The van der Waals surface area contributed by atoms with Gasteiger partial charge in [0, 0.05) is 50.5 Å². The zero-order chi connectivity index (χ0) is 26.0. The fourth-order valence-corrected chi connectivity index (χ4v) is 5.26. The molecule has 0 aliphatic carbocycles. The van der Waals surface area contributed by atoms with E-state index in [1.165, 1.54) is 6.33 Å². The number of nitrogens with one attached hydrogen (secondary N) is 1. The molecular weight excluding hydrogens is 466 g/mol. The first-order valence-electron chi connectivity index (χ1n) is 12.8. The molecule has 9 nitrogen and oxygen atoms in total. The molecule has 1 N–H and O–H groups in total. The highest BCUT2D eigenvalue weighted by Gasteiger charge is 2.48. The van der Waals surface area contributed by atoms with Crippen LogP contribution in [-0.4, -0.2) is 63.4 Å². The molecule has 192 valence electrons. The lowest BCUT2D eigenvalue weighted by atomic mass is 9.69. The molecule has 2 aromatic heterocycles. The lowest BCUT2D eigenvalue weighted by Gasteiger charge is -2.31. The quantitative estimate of drug-likeness (QED) is 0.412. The Morgan fingerprint density at radius 2 is 2.00 bits per heavy atom. The van der Waals surface area contributed by atoms with Gasteiger partial charge in [-0.25, -0.2) is 24.9 Å². The lowest BCUT2D eigenvalue weighted by molar-refractivity contribution is -0.122. The molecule has 1 fully saturated rings. The summed E-state index contributed by atoms with van der Waals surface area (Å²) < 4.78 is 5.69. The Kier molecular flexibility index (Phi) is 6.97. The number of amidine groups is 1. The number of aryl methyl sites for hydroxylation is 1. The number of ether oxygens (including phenoxy) is 1. The molecule has 9 heteroatoms. The van der Waals surface area contributed by atoms with Crippen molar-refractivity contribution in [2.45, 2.75) is 45.4 Å². The van der Waals surface area contributed by atoms with Gasteiger partial charge in [0.2, 0.25) is 5.91 Å². The fraction of sp³-hybridized carbons (Fsp3) is 0.429. The second-order valence-electron chi connectivity index (χ2n) is 9.88. The van der Waals surface area contributed by atoms with Gasteiger partial charge >= 0.3 is 0 Å². The van der Waals surface area contributed by atoms with Crippen LogP contribution in [0, 0.1) is 12.8 Å². The number of amides is 1. The number of aromatic nitrogens is 4. The molecule has 0 bridgehead atoms. The number of rotatable bonds is 5. The summed E-state index contributed by atoms with van der Waals surface area (Å²) in [5.74, 6) is 1.70. The number of nitrogens with zero attached hydrogens (tertiary/aromatic N) is 6. The molecule has 3 aromatic rings. The van der Waals surface area contributed by atoms with E-state index in [1.807, 2.05) is 31.0 Å². The minimum absolute atomic E-state index is 0.0544. The largest absolute Gasteiger partial charge is 0.381 e. The van der Waals surface area contributed by atoms with E-state index in [0.29, 0.717) is 23.8 Å². The number of benzene rings is 1. The Morgan fingerprint density at radius 3 is 2.78 bits per heavy atom. The predicted octanol–water partition coefficient (Wildman–Crippen LogP) is 4.30. The predicted molar refractivity (Wildman–Crippen MR) is 143 cm³/mol. The maximum atomic E-state index is 13.3. The van der Waals surface area contributed by atoms with Crippen LogP contribution in [0.2, 0.25) is 0 Å². The van der Waals surface area contributed by atoms with E-state index in [4.69, 9.17) is 9.73 Å². The van der Waals surface area contributed by atoms with Crippen molar-refractivity contribution in [1.29, 1.82) is 0 Å². The first-order chi connectivity index (χ1) is 17.9. The van der Waals surface area contributed by atoms with E-state index in [9.17, 15) is 4.79 Å². The fourth-order valence-electron chi connectivity index (χ4n) is 5.26. The molecule has 4 heterocycles. The zero-order valence-electron chi connectivity index (χ0n) is 21.9. The Balaban J connectivity index is 1.59. The summed E-state index contributed by atoms with van der Waals surface area (Å²) in [7, 11) is 1.98. The summed E-state index contributed by atoms with van der Waals surface area (Å²) in [6.45, 7) is 8.19. The average molecular weight is 500 g/mol. The van der Waals surface area contributed by atoms with Crippen LogP contribution in [0.3, 0.4) is 0 Å². The van der Waals surface area contributed by atoms with Crippen molar-refractivity contribution >= 4 is 23.1 Å². The van der Waals surface area contributed by atoms with Gasteiger partial charge in [0.1, 0.15) is 23.7 Å². The van der Waals surface area contributed by atoms with Gasteiger partial charge in [-0.05, 0) is 63.6 Å². The van der Waals surface area contributed by atoms with Gasteiger partial charge in [-0.2, -0.15) is 0 Å². The number of carbonyl (C=O) groups is 1. The maximum absolute atomic E-state index is 13.3. The second kappa shape index (κ2) is 10.3. The highest BCUT2D eigenvalue weighted by atomic mass is 16.5. The number of hydrogen-bond acceptors (Lipinski definition) is 7. The van der Waals surface area contributed by atoms with Crippen molar-refractivity contribution in [2.75, 3.05) is 32.1 Å². The van der Waals surface area contributed by atoms with E-state index in [-0.39, 0.29) is 11.8 Å². The minimum atomic E-state index is -0.623. The second-order valence-corrected chi connectivity index (χ2v) is 9.88. The molecule has 37 heavy (non-hydrogen) atoms. The van der Waals surface area contributed by atoms with Gasteiger partial charge in [0.25, 0.3) is 0 Å². The molecule has 1 amide bonds. The van der Waals surface area contributed by atoms with Crippen molar-refractivity contribution in [3.8, 4) is 11.3 Å². The molecule has 2 unspecified atom stereocenters. The first kappa shape index (κ1) is 25.0. The minimum Gasteiger partial charge on any atom is -0.381 e. The number of anilines is 1. The summed E-state index contributed by atoms with van der Waals surface area (Å²) in [4.78, 5) is 37.9. The van der Waals surface area contributed by atoms with Crippen LogP contribution in [0.5, 0.6) is 0 Å². The Hall–Kier alpha value is -3.72. The maximum Gasteiger partial charge on any atom is 0.235 e. The van der Waals surface area contributed by atoms with Crippen LogP contribution >= 0.6 is 0 Å². The topological polar surface area (TPSA) is 105 Å². The Morgan fingerprint density at radius 1 is 1.19 bits per heavy atom. The van der Waals surface area contributed by atoms with Crippen LogP contribution in [0.25, 0.3) is 11.3 Å². The summed E-state index contributed by atoms with van der Waals surface area (Å²) >= 11 is 0. The summed E-state index contributed by atoms with van der Waals surface area (Å²) in [5, 5.41) is 3.12. The first-order valence-corrected chi connectivity index (χ1v) is 12.8. The standard InChI is InChI=1S/C28H33N7O2/c1-5-35(4)26(20-14-30-18(2)31-15-20)33-24-16-29-17-32-25(24)19-8-9-23-22(13-19)28(3,27(36)34-23)21-7-6-11-37-12-10-21/h8-9,13-17,21H,5-7,10-12H2,1-4H3,(H,34,36)/b33-26-. The lowest BCUT2D eigenvalue weighted by Crippen LogP contribution is -2.39. The molecule has 1 saturated heterocycles. The van der Waals surface area contributed by atoms with Crippen molar-refractivity contribution in [2.24, 2.45) is 10.9 Å². The zero-order valence-corrected chi connectivity index (χ0v) is 21.9. The van der Waals surface area contributed by atoms with Crippen molar-refractivity contribution < 1.29 is 9.53 Å². The van der Waals surface area contributed by atoms with Gasteiger partial charge in [-0.1, -0.05) is 6.07 Å². The molecular formula is C28H33N7O2. The Bertz CT molecular complexity index is 1320. The molecule has 0 radical (unpaired) electrons. The molecule has 0 spiro atoms. The van der Waals surface area contributed by atoms with Crippen LogP contribution in [0.1, 0.15) is 50.1 Å². The van der Waals surface area contributed by atoms with E-state index in [0.717, 1.165) is 60.6 Å². The molecule has 2 aliphatic heterocycles. The summed E-state index contributed by atoms with van der Waals surface area (Å²) in [5.41, 5.74) is 4.31. The van der Waals surface area contributed by atoms with Crippen LogP contribution < -0.4 is 5.32 Å². The SMILES string of the molecule is CCN(C)/C(=N\c1cncnc1-c1ccc2c(c1)C(C)(C1CCCOCC1)C(=O)N2)c1cnc(C)nc1. The summed E-state index contributed by atoms with van der Waals surface area (Å²) in [6.07, 6.45) is 9.61. The van der Waals surface area contributed by atoms with Gasteiger partial charge < -0.3 is 15.0 Å². The van der Waals surface area contributed by atoms with Gasteiger partial charge in [-0.15, -0.1) is 0 Å². The number of hydrogen-bond donors (Lipinski definition) is 1. The van der Waals surface area contributed by atoms with E-state index in [1.54, 1.807) is 18.6 Å². The number of fused-ring (bicyclic) bond motifs is 1. The Labute approximate surface area is 217 Å². The van der Waals surface area contributed by atoms with Gasteiger partial charge in [-0.3, -0.25) is 4.79 Å². The molecule has 2 aliphatic rings. The molecule has 0 saturated carbocycles. The average Bonchev–Trinajstić information content (AvgIpc) is 3.08. The van der Waals surface area contributed by atoms with E-state index < -0.39 is 5.41 Å². The smallest absolute Gasteiger partial charge is 0.235 e. The van der Waals surface area contributed by atoms with Crippen LogP contribution in [0.15, 0.2) is 48.1 Å². The van der Waals surface area contributed by atoms with Crippen molar-refractivity contribution in [3.63, 3.8) is 0 Å². The van der Waals surface area contributed by atoms with Crippen LogP contribution in [-0.2, 0) is 14.9 Å². The van der Waals surface area contributed by atoms with E-state index >= 15 is 0 Å². The van der Waals surface area contributed by atoms with Crippen LogP contribution in [0.4, 0.5) is 11.4 Å². The third kappa shape index (κ3) is 4.71. The van der Waals surface area contributed by atoms with E-state index in [2.05, 4.69) is 45.2 Å². The van der Waals surface area contributed by atoms with Gasteiger partial charge in [0.05, 0.1) is 22.9 Å². The molecule has 5 rings (SSSR count). The third-order valence-electron chi connectivity index (χ3n) is 7.64. The van der Waals surface area contributed by atoms with Crippen molar-refractivity contribution in [3.05, 3.63) is 60.1 Å². The molecule has 2 atom stereocenters. The highest BCUT2D eigenvalue weighted by Crippen LogP contribution is 2.47. The third-order valence-corrected chi connectivity index (χ3v) is 7.64. The normalized spacial score (nSPS) is 21.8. The number of carbonyl (C=O) groups excluding carboxylic acids is 1. The van der Waals surface area contributed by atoms with Gasteiger partial charge in [0.15, 0.2) is 0 Å². The summed E-state index contributed by atoms with van der Waals surface area (Å²) in [6, 6.07) is 6.06. The number of aliphatic imine (C=N–C) groups is 1. The van der Waals surface area contributed by atoms with Crippen molar-refractivity contribution in [1.82, 2.24) is 24.8 Å². The molecule has 1 aromatic carbocycles.